The van der Waals surface area contributed by atoms with Gasteiger partial charge in [-0.25, -0.2) is 0 Å². The highest BCUT2D eigenvalue weighted by Gasteiger charge is 2.05. The van der Waals surface area contributed by atoms with E-state index >= 15 is 0 Å². The van der Waals surface area contributed by atoms with Crippen LogP contribution in [-0.2, 0) is 0 Å². The third kappa shape index (κ3) is 8.43. The molecular weight excluding hydrogens is 123 g/mol. The molecule has 0 heterocycles. The minimum absolute atomic E-state index is 0.955. The van der Waals surface area contributed by atoms with Gasteiger partial charge in [0.1, 0.15) is 0 Å². The summed E-state index contributed by atoms with van der Waals surface area (Å²) in [4.78, 5) is 0. The van der Waals surface area contributed by atoms with Gasteiger partial charge in [-0.3, -0.25) is 0 Å². The minimum Gasteiger partial charge on any atom is -0.0931 e. The van der Waals surface area contributed by atoms with Gasteiger partial charge in [0, 0.05) is 35.3 Å². The van der Waals surface area contributed by atoms with Gasteiger partial charge in [0.05, 0.1) is 21.4 Å². The molecule has 0 fully saturated rings. The van der Waals surface area contributed by atoms with Crippen molar-refractivity contribution in [3.8, 4) is 0 Å². The highest BCUT2D eigenvalue weighted by molar-refractivity contribution is 7.65. The lowest BCUT2D eigenvalue weighted by molar-refractivity contribution is 1.44. The van der Waals surface area contributed by atoms with Crippen molar-refractivity contribution in [1.82, 2.24) is 0 Å². The van der Waals surface area contributed by atoms with Crippen LogP contribution in [0.1, 0.15) is 6.92 Å². The van der Waals surface area contributed by atoms with Crippen LogP contribution < -0.4 is 0 Å². The van der Waals surface area contributed by atoms with Crippen LogP contribution in [-0.4, -0.2) is 56.7 Å². The van der Waals surface area contributed by atoms with E-state index in [-0.39, 0.29) is 0 Å². The second kappa shape index (κ2) is 8.61. The van der Waals surface area contributed by atoms with E-state index < -0.39 is 0 Å². The van der Waals surface area contributed by atoms with E-state index in [1.165, 1.54) is 48.7 Å². The second-order valence-corrected chi connectivity index (χ2v) is 3.72. The molecule has 0 nitrogen and oxygen atoms in total. The molecule has 0 aliphatic heterocycles. The average Bonchev–Trinajstić information content (AvgIpc) is 2.04. The van der Waals surface area contributed by atoms with Crippen LogP contribution in [0, 0.1) is 0 Å². The monoisotopic (exact) mass is 140 g/mol. The quantitative estimate of drug-likeness (QED) is 0.252. The Kier molecular flexibility index (Phi) is 9.02. The van der Waals surface area contributed by atoms with Crippen LogP contribution in [0.4, 0.5) is 0 Å². The van der Waals surface area contributed by atoms with Crippen molar-refractivity contribution in [3.63, 3.8) is 0 Å². The van der Waals surface area contributed by atoms with E-state index in [9.17, 15) is 0 Å². The summed E-state index contributed by atoms with van der Waals surface area (Å²) in [6.07, 6.45) is 1.35. The fourth-order valence-electron chi connectivity index (χ4n) is 1.30. The molecule has 8 heteroatoms. The predicted octanol–water partition coefficient (Wildman–Crippen LogP) is -3.63. The van der Waals surface area contributed by atoms with Crippen molar-refractivity contribution in [1.29, 1.82) is 0 Å². The van der Waals surface area contributed by atoms with Crippen LogP contribution in [0.15, 0.2) is 0 Å². The molecule has 0 aromatic heterocycles. The molecular formula is C3H16B8. The molecule has 0 spiro atoms. The van der Waals surface area contributed by atoms with Gasteiger partial charge < -0.3 is 0 Å². The Morgan fingerprint density at radius 1 is 1.18 bits per heavy atom. The van der Waals surface area contributed by atoms with Gasteiger partial charge in [0.15, 0.2) is 0 Å². The molecule has 11 heavy (non-hydrogen) atoms. The topological polar surface area (TPSA) is 0 Å². The van der Waals surface area contributed by atoms with Crippen molar-refractivity contribution in [2.75, 3.05) is 0 Å². The molecule has 0 amide bonds. The van der Waals surface area contributed by atoms with Gasteiger partial charge in [0.25, 0.3) is 0 Å². The Labute approximate surface area is 77.2 Å². The van der Waals surface area contributed by atoms with Crippen molar-refractivity contribution in [2.24, 2.45) is 0 Å². The zero-order valence-electron chi connectivity index (χ0n) is 8.53. The maximum absolute atomic E-state index is 2.36. The van der Waals surface area contributed by atoms with Crippen LogP contribution in [0.3, 0.4) is 0 Å². The smallest absolute Gasteiger partial charge is 0.0919 e. The summed E-state index contributed by atoms with van der Waals surface area (Å²) in [6, 6.07) is 0. The lowest BCUT2D eigenvalue weighted by atomic mass is 8.90. The molecule has 0 atom stereocenters. The molecule has 0 N–H and O–H groups in total. The third-order valence-corrected chi connectivity index (χ3v) is 2.50. The van der Waals surface area contributed by atoms with E-state index in [2.05, 4.69) is 21.5 Å². The summed E-state index contributed by atoms with van der Waals surface area (Å²) in [7, 11) is 10.9. The van der Waals surface area contributed by atoms with Crippen LogP contribution in [0.2, 0.25) is 13.1 Å². The molecule has 0 bridgehead atoms. The molecule has 0 rings (SSSR count). The van der Waals surface area contributed by atoms with Crippen molar-refractivity contribution in [3.05, 3.63) is 0 Å². The summed E-state index contributed by atoms with van der Waals surface area (Å²) in [5.41, 5.74) is 0. The zero-order chi connectivity index (χ0) is 8.53. The Hall–Kier alpha value is 0.519. The summed E-state index contributed by atoms with van der Waals surface area (Å²) in [5.74, 6) is 0. The highest BCUT2D eigenvalue weighted by atomic mass is 13.4. The van der Waals surface area contributed by atoms with Gasteiger partial charge in [-0.2, -0.15) is 0 Å². The largest absolute Gasteiger partial charge is 0.0931 e. The van der Waals surface area contributed by atoms with Crippen LogP contribution in [0.25, 0.3) is 0 Å². The van der Waals surface area contributed by atoms with Crippen molar-refractivity contribution < 1.29 is 0 Å². The molecule has 0 unspecified atom stereocenters. The Bertz CT molecular complexity index is 75.7. The fraction of sp³-hybridized carbons (Fsp3) is 1.00. The first-order valence-corrected chi connectivity index (χ1v) is 5.31. The molecule has 0 saturated heterocycles. The van der Waals surface area contributed by atoms with Crippen LogP contribution in [0.5, 0.6) is 0 Å². The van der Waals surface area contributed by atoms with Crippen LogP contribution >= 0.6 is 0 Å². The first kappa shape index (κ1) is 11.5. The van der Waals surface area contributed by atoms with E-state index in [4.69, 9.17) is 0 Å². The predicted molar refractivity (Wildman–Crippen MR) is 73.5 cm³/mol. The fourth-order valence-corrected chi connectivity index (χ4v) is 1.30. The summed E-state index contributed by atoms with van der Waals surface area (Å²) >= 11 is 0. The maximum Gasteiger partial charge on any atom is 0.0919 e. The lowest BCUT2D eigenvalue weighted by Gasteiger charge is -1.98. The number of hydrogen-bond donors (Lipinski definition) is 0. The SMILES string of the molecule is BBBBBBBB(C)CC. The Morgan fingerprint density at radius 3 is 2.36 bits per heavy atom. The van der Waals surface area contributed by atoms with Gasteiger partial charge in [-0.1, -0.05) is 20.1 Å². The Balaban J connectivity index is 2.89. The maximum atomic E-state index is 2.36. The molecule has 52 valence electrons. The second-order valence-electron chi connectivity index (χ2n) is 3.72. The zero-order valence-corrected chi connectivity index (χ0v) is 8.53. The standard InChI is InChI=1S/C3H16B8/c1-3-11(2)10-9-8-7-6-5-4/h5-10H,3-4H2,1-2H3. The molecule has 0 radical (unpaired) electrons. The third-order valence-electron chi connectivity index (χ3n) is 2.50. The normalized spacial score (nSPS) is 7.82. The van der Waals surface area contributed by atoms with E-state index in [1.807, 2.05) is 0 Å². The number of rotatable bonds is 7. The lowest BCUT2D eigenvalue weighted by Crippen LogP contribution is -2.32. The van der Waals surface area contributed by atoms with E-state index in [1.54, 1.807) is 0 Å². The Morgan fingerprint density at radius 2 is 1.82 bits per heavy atom. The van der Waals surface area contributed by atoms with Gasteiger partial charge >= 0.3 is 0 Å². The van der Waals surface area contributed by atoms with Gasteiger partial charge in [-0.15, -0.1) is 0 Å². The van der Waals surface area contributed by atoms with Crippen molar-refractivity contribution in [2.45, 2.75) is 20.1 Å². The highest BCUT2D eigenvalue weighted by Crippen LogP contribution is 1.84. The molecule has 0 aromatic rings. The first-order chi connectivity index (χ1) is 5.31. The van der Waals surface area contributed by atoms with Gasteiger partial charge in [-0.05, 0) is 0 Å². The van der Waals surface area contributed by atoms with Crippen molar-refractivity contribution >= 4 is 56.7 Å². The summed E-state index contributed by atoms with van der Waals surface area (Å²) in [5, 5.41) is 0. The summed E-state index contributed by atoms with van der Waals surface area (Å²) in [6.45, 7) is 5.60. The molecule has 0 aliphatic carbocycles. The number of hydrogen-bond acceptors (Lipinski definition) is 0. The van der Waals surface area contributed by atoms with E-state index in [0.29, 0.717) is 0 Å². The summed E-state index contributed by atoms with van der Waals surface area (Å²) < 4.78 is 0. The first-order valence-electron chi connectivity index (χ1n) is 5.31. The minimum atomic E-state index is 0.955. The average molecular weight is 139 g/mol. The molecule has 0 saturated carbocycles. The molecule has 0 aromatic carbocycles. The van der Waals surface area contributed by atoms with Gasteiger partial charge in [0.2, 0.25) is 0 Å². The molecule has 0 aliphatic rings. The van der Waals surface area contributed by atoms with E-state index in [0.717, 1.165) is 6.60 Å².